The third-order valence-corrected chi connectivity index (χ3v) is 14.4. The number of methoxy groups -OCH3 is 1. The molecule has 0 unspecified atom stereocenters. The zero-order valence-electron chi connectivity index (χ0n) is 38.7. The topological polar surface area (TPSA) is 129 Å². The van der Waals surface area contributed by atoms with Crippen molar-refractivity contribution >= 4 is 29.5 Å². The third-order valence-electron chi connectivity index (χ3n) is 14.4. The lowest BCUT2D eigenvalue weighted by Crippen LogP contribution is -2.57. The summed E-state index contributed by atoms with van der Waals surface area (Å²) in [5.74, 6) is 4.22. The summed E-state index contributed by atoms with van der Waals surface area (Å²) < 4.78 is 12.1. The molecule has 4 amide bonds. The van der Waals surface area contributed by atoms with Crippen molar-refractivity contribution in [2.75, 3.05) is 25.1 Å². The van der Waals surface area contributed by atoms with Gasteiger partial charge < -0.3 is 24.8 Å². The van der Waals surface area contributed by atoms with Gasteiger partial charge in [0.25, 0.3) is 0 Å². The first-order valence-corrected chi connectivity index (χ1v) is 23.8. The Kier molecular flexibility index (Phi) is 12.5. The lowest BCUT2D eigenvalue weighted by Gasteiger charge is -2.46. The molecule has 0 saturated carbocycles. The van der Waals surface area contributed by atoms with Gasteiger partial charge in [0.05, 0.1) is 36.8 Å². The second kappa shape index (κ2) is 19.1. The molecule has 10 rings (SSSR count). The van der Waals surface area contributed by atoms with Crippen molar-refractivity contribution in [2.24, 2.45) is 5.92 Å². The van der Waals surface area contributed by atoms with Gasteiger partial charge in [-0.1, -0.05) is 134 Å². The molecule has 3 fully saturated rings. The predicted molar refractivity (Wildman–Crippen MR) is 262 cm³/mol. The minimum atomic E-state index is -1.93. The number of anilines is 1. The molecule has 11 heteroatoms. The van der Waals surface area contributed by atoms with Gasteiger partial charge in [-0.25, -0.2) is 9.69 Å². The number of urea groups is 1. The van der Waals surface area contributed by atoms with Crippen LogP contribution in [0.5, 0.6) is 11.5 Å². The highest BCUT2D eigenvalue weighted by molar-refractivity contribution is 6.24. The molecule has 6 aromatic rings. The number of phenols is 1. The van der Waals surface area contributed by atoms with Crippen molar-refractivity contribution < 1.29 is 33.8 Å². The Bertz CT molecular complexity index is 2910. The number of carbonyl (C=O) groups excluding carboxylic acids is 4. The standard InChI is InChI=1S/C58H54N4O7/c1-38(41-17-9-6-10-18-41)59-57(67)61-48-34-27-40(24-23-39-25-32-46(68-2)33-26-39)37-47(48)58(56(61)66)49(54(64)60-35-15-4-3-5-16-36-60)51-55(65)69-52(43-21-13-8-14-22-43)50(42-19-11-7-12-20-42)62(51)53(58)44-28-30-45(63)31-29-44/h6-14,17-22,25-34,37-38,49-53,63H,3-5,15-16,35-36H2,1-2H3,(H,59,67)/t38-,49+,50+,51+,52-,53-,58+/m1/s1. The number of imide groups is 1. The minimum absolute atomic E-state index is 0.000533. The second-order valence-corrected chi connectivity index (χ2v) is 18.4. The van der Waals surface area contributed by atoms with E-state index in [-0.39, 0.29) is 17.3 Å². The number of fused-ring (bicyclic) bond motifs is 3. The maximum Gasteiger partial charge on any atom is 0.329 e. The van der Waals surface area contributed by atoms with Crippen molar-refractivity contribution in [1.82, 2.24) is 15.1 Å². The van der Waals surface area contributed by atoms with Crippen molar-refractivity contribution in [2.45, 2.75) is 74.7 Å². The van der Waals surface area contributed by atoms with E-state index >= 15 is 19.2 Å². The van der Waals surface area contributed by atoms with Crippen LogP contribution in [0.3, 0.4) is 0 Å². The first-order valence-electron chi connectivity index (χ1n) is 23.8. The van der Waals surface area contributed by atoms with Crippen LogP contribution in [0.25, 0.3) is 0 Å². The maximum absolute atomic E-state index is 16.7. The third kappa shape index (κ3) is 8.19. The smallest absolute Gasteiger partial charge is 0.329 e. The minimum Gasteiger partial charge on any atom is -0.508 e. The Hall–Kier alpha value is -7.68. The number of benzene rings is 6. The monoisotopic (exact) mass is 918 g/mol. The molecule has 4 aliphatic rings. The van der Waals surface area contributed by atoms with E-state index in [4.69, 9.17) is 9.47 Å². The number of rotatable bonds is 7. The fraction of sp³-hybridized carbons (Fsp3) is 0.276. The van der Waals surface area contributed by atoms with Crippen molar-refractivity contribution in [1.29, 1.82) is 0 Å². The number of phenolic OH excluding ortho intramolecular Hbond substituents is 1. The number of hydrogen-bond acceptors (Lipinski definition) is 8. The Morgan fingerprint density at radius 2 is 1.30 bits per heavy atom. The fourth-order valence-electron chi connectivity index (χ4n) is 11.2. The number of aromatic hydroxyl groups is 1. The average Bonchev–Trinajstić information content (AvgIpc) is 3.83. The van der Waals surface area contributed by atoms with E-state index < -0.39 is 59.5 Å². The number of nitrogens with zero attached hydrogens (tertiary/aromatic N) is 3. The van der Waals surface area contributed by atoms with E-state index in [2.05, 4.69) is 17.2 Å². The van der Waals surface area contributed by atoms with Gasteiger partial charge in [-0.15, -0.1) is 0 Å². The molecule has 11 nitrogen and oxygen atoms in total. The number of nitrogens with one attached hydrogen (secondary N) is 1. The van der Waals surface area contributed by atoms with Crippen LogP contribution in [0, 0.1) is 17.8 Å². The number of morpholine rings is 1. The number of amides is 4. The van der Waals surface area contributed by atoms with Gasteiger partial charge in [0.15, 0.2) is 0 Å². The number of cyclic esters (lactones) is 1. The first kappa shape index (κ1) is 45.1. The van der Waals surface area contributed by atoms with Crippen LogP contribution >= 0.6 is 0 Å². The number of ether oxygens (including phenoxy) is 2. The molecule has 2 N–H and O–H groups in total. The van der Waals surface area contributed by atoms with E-state index in [1.807, 2.05) is 138 Å². The second-order valence-electron chi connectivity index (χ2n) is 18.4. The van der Waals surface area contributed by atoms with Crippen LogP contribution in [0.4, 0.5) is 10.5 Å². The molecule has 69 heavy (non-hydrogen) atoms. The summed E-state index contributed by atoms with van der Waals surface area (Å²) in [6.07, 6.45) is 3.58. The van der Waals surface area contributed by atoms with E-state index in [0.29, 0.717) is 35.5 Å². The highest BCUT2D eigenvalue weighted by Gasteiger charge is 2.76. The summed E-state index contributed by atoms with van der Waals surface area (Å²) in [7, 11) is 1.60. The summed E-state index contributed by atoms with van der Waals surface area (Å²) in [6.45, 7) is 2.74. The van der Waals surface area contributed by atoms with Crippen LogP contribution < -0.4 is 15.0 Å². The number of carbonyl (C=O) groups is 4. The van der Waals surface area contributed by atoms with Gasteiger partial charge in [0.2, 0.25) is 11.8 Å². The average molecular weight is 919 g/mol. The summed E-state index contributed by atoms with van der Waals surface area (Å²) in [5, 5.41) is 13.9. The lowest BCUT2D eigenvalue weighted by molar-refractivity contribution is -0.179. The molecule has 0 aliphatic carbocycles. The van der Waals surface area contributed by atoms with Crippen LogP contribution in [0.2, 0.25) is 0 Å². The molecule has 4 aliphatic heterocycles. The highest BCUT2D eigenvalue weighted by atomic mass is 16.6. The summed E-state index contributed by atoms with van der Waals surface area (Å²) in [5.41, 5.74) is 2.95. The van der Waals surface area contributed by atoms with Gasteiger partial charge in [0, 0.05) is 24.2 Å². The Morgan fingerprint density at radius 3 is 1.96 bits per heavy atom. The number of likely N-dealkylation sites (tertiary alicyclic amines) is 1. The van der Waals surface area contributed by atoms with Crippen molar-refractivity contribution in [3.05, 3.63) is 197 Å². The molecule has 7 atom stereocenters. The van der Waals surface area contributed by atoms with Crippen LogP contribution in [0.1, 0.15) is 102 Å². The van der Waals surface area contributed by atoms with Gasteiger partial charge in [-0.2, -0.15) is 0 Å². The number of hydrogen-bond donors (Lipinski definition) is 2. The zero-order chi connectivity index (χ0) is 47.6. The van der Waals surface area contributed by atoms with Gasteiger partial charge in [-0.05, 0) is 102 Å². The first-order chi connectivity index (χ1) is 33.7. The van der Waals surface area contributed by atoms with Crippen molar-refractivity contribution in [3.8, 4) is 23.3 Å². The van der Waals surface area contributed by atoms with E-state index in [9.17, 15) is 5.11 Å². The van der Waals surface area contributed by atoms with Gasteiger partial charge in [-0.3, -0.25) is 19.3 Å². The summed E-state index contributed by atoms with van der Waals surface area (Å²) in [4.78, 5) is 68.7. The molecule has 6 aromatic carbocycles. The van der Waals surface area contributed by atoms with E-state index in [1.54, 1.807) is 43.5 Å². The Balaban J connectivity index is 1.25. The normalized spacial score (nSPS) is 23.7. The summed E-state index contributed by atoms with van der Waals surface area (Å²) >= 11 is 0. The summed E-state index contributed by atoms with van der Waals surface area (Å²) in [6, 6.07) is 43.8. The van der Waals surface area contributed by atoms with Crippen LogP contribution in [0.15, 0.2) is 158 Å². The molecular weight excluding hydrogens is 865 g/mol. The quantitative estimate of drug-likeness (QED) is 0.120. The van der Waals surface area contributed by atoms with Gasteiger partial charge >= 0.3 is 12.0 Å². The predicted octanol–water partition coefficient (Wildman–Crippen LogP) is 9.73. The lowest BCUT2D eigenvalue weighted by atomic mass is 9.64. The number of esters is 1. The van der Waals surface area contributed by atoms with Crippen LogP contribution in [-0.4, -0.2) is 65.0 Å². The van der Waals surface area contributed by atoms with E-state index in [1.165, 1.54) is 4.90 Å². The molecule has 1 spiro atoms. The Morgan fingerprint density at radius 1 is 0.710 bits per heavy atom. The highest BCUT2D eigenvalue weighted by Crippen LogP contribution is 2.66. The molecule has 3 saturated heterocycles. The molecule has 0 radical (unpaired) electrons. The SMILES string of the molecule is COc1ccc(C#Cc2ccc3c(c2)[C@]2(C(=O)N3C(=O)N[C@H](C)c3ccccc3)[C@H](C(=O)N3CCCCCCC3)[C@H]3C(=O)O[C@H](c4ccccc4)[C@H](c4ccccc4)N3[C@@H]2c2ccc(O)cc2)cc1. The largest absolute Gasteiger partial charge is 0.508 e. The maximum atomic E-state index is 16.7. The fourth-order valence-corrected chi connectivity index (χ4v) is 11.2. The molecule has 4 heterocycles. The van der Waals surface area contributed by atoms with Crippen LogP contribution in [-0.2, 0) is 24.5 Å². The molecule has 0 bridgehead atoms. The van der Waals surface area contributed by atoms with E-state index in [0.717, 1.165) is 54.4 Å². The molecular formula is C58H54N4O7. The Labute approximate surface area is 402 Å². The van der Waals surface area contributed by atoms with Gasteiger partial charge in [0.1, 0.15) is 29.1 Å². The molecule has 0 aromatic heterocycles. The molecule has 348 valence electrons. The zero-order valence-corrected chi connectivity index (χ0v) is 38.7. The van der Waals surface area contributed by atoms with Crippen molar-refractivity contribution in [3.63, 3.8) is 0 Å².